The second kappa shape index (κ2) is 9.51. The van der Waals surface area contributed by atoms with Crippen LogP contribution in [0.3, 0.4) is 0 Å². The van der Waals surface area contributed by atoms with E-state index in [1.54, 1.807) is 0 Å². The van der Waals surface area contributed by atoms with Crippen LogP contribution in [0.1, 0.15) is 44.6 Å². The Morgan fingerprint density at radius 3 is 2.48 bits per heavy atom. The van der Waals surface area contributed by atoms with E-state index in [9.17, 15) is 14.4 Å². The van der Waals surface area contributed by atoms with Gasteiger partial charge in [-0.1, -0.05) is 25.5 Å². The molecule has 2 heterocycles. The molecule has 1 aliphatic carbocycles. The fourth-order valence-electron chi connectivity index (χ4n) is 4.78. The highest BCUT2D eigenvalue weighted by atomic mass is 32.2. The molecule has 3 aliphatic rings. The summed E-state index contributed by atoms with van der Waals surface area (Å²) in [5.74, 6) is 2.36. The van der Waals surface area contributed by atoms with Crippen LogP contribution in [0.4, 0.5) is 10.5 Å². The number of hydrogen-bond acceptors (Lipinski definition) is 5. The van der Waals surface area contributed by atoms with Crippen molar-refractivity contribution in [3.05, 3.63) is 29.8 Å². The third kappa shape index (κ3) is 4.84. The minimum atomic E-state index is -0.800. The van der Waals surface area contributed by atoms with Gasteiger partial charge >= 0.3 is 6.03 Å². The maximum Gasteiger partial charge on any atom is 0.325 e. The molecule has 7 nitrogen and oxygen atoms in total. The molecule has 2 saturated heterocycles. The third-order valence-corrected chi connectivity index (χ3v) is 7.83. The molecule has 2 N–H and O–H groups in total. The molecule has 8 heteroatoms. The lowest BCUT2D eigenvalue weighted by Gasteiger charge is -2.34. The van der Waals surface area contributed by atoms with Crippen LogP contribution in [0.5, 0.6) is 0 Å². The number of imide groups is 1. The summed E-state index contributed by atoms with van der Waals surface area (Å²) in [4.78, 5) is 41.3. The normalized spacial score (nSPS) is 26.3. The topological polar surface area (TPSA) is 81.8 Å². The van der Waals surface area contributed by atoms with Crippen molar-refractivity contribution < 1.29 is 14.4 Å². The number of hydrogen-bond donors (Lipinski definition) is 2. The molecule has 3 fully saturated rings. The zero-order valence-corrected chi connectivity index (χ0v) is 19.0. The molecule has 0 atom stereocenters. The van der Waals surface area contributed by atoms with E-state index >= 15 is 0 Å². The summed E-state index contributed by atoms with van der Waals surface area (Å²) in [6.45, 7) is 4.43. The van der Waals surface area contributed by atoms with Gasteiger partial charge in [0.05, 0.1) is 0 Å². The Morgan fingerprint density at radius 1 is 1.16 bits per heavy atom. The van der Waals surface area contributed by atoms with E-state index in [-0.39, 0.29) is 18.4 Å². The molecule has 2 aliphatic heterocycles. The summed E-state index contributed by atoms with van der Waals surface area (Å²) in [6.07, 6.45) is 4.30. The highest BCUT2D eigenvalue weighted by molar-refractivity contribution is 7.99. The number of rotatable bonds is 6. The van der Waals surface area contributed by atoms with E-state index in [2.05, 4.69) is 34.6 Å². The number of anilines is 1. The van der Waals surface area contributed by atoms with Gasteiger partial charge in [-0.15, -0.1) is 0 Å². The van der Waals surface area contributed by atoms with Gasteiger partial charge < -0.3 is 15.5 Å². The zero-order chi connectivity index (χ0) is 21.8. The van der Waals surface area contributed by atoms with Crippen LogP contribution in [-0.4, -0.2) is 59.4 Å². The lowest BCUT2D eigenvalue weighted by Crippen LogP contribution is -2.50. The monoisotopic (exact) mass is 444 g/mol. The fourth-order valence-corrected chi connectivity index (χ4v) is 5.69. The predicted molar refractivity (Wildman–Crippen MR) is 123 cm³/mol. The molecule has 31 heavy (non-hydrogen) atoms. The van der Waals surface area contributed by atoms with Crippen molar-refractivity contribution in [1.29, 1.82) is 0 Å². The van der Waals surface area contributed by atoms with E-state index < -0.39 is 11.6 Å². The summed E-state index contributed by atoms with van der Waals surface area (Å²) in [5, 5.41) is 5.73. The average molecular weight is 445 g/mol. The van der Waals surface area contributed by atoms with E-state index in [1.165, 1.54) is 5.69 Å². The maximum absolute atomic E-state index is 12.9. The molecule has 1 aromatic carbocycles. The fraction of sp³-hybridized carbons (Fsp3) is 0.609. The van der Waals surface area contributed by atoms with Gasteiger partial charge in [0.25, 0.3) is 5.91 Å². The van der Waals surface area contributed by atoms with Crippen molar-refractivity contribution in [2.45, 2.75) is 51.1 Å². The second-order valence-corrected chi connectivity index (χ2v) is 10.0. The Balaban J connectivity index is 1.28. The maximum atomic E-state index is 12.9. The first kappa shape index (κ1) is 22.0. The summed E-state index contributed by atoms with van der Waals surface area (Å²) in [6, 6.07) is 7.77. The number of thioether (sulfide) groups is 1. The minimum Gasteiger partial charge on any atom is -0.370 e. The first-order valence-electron chi connectivity index (χ1n) is 11.3. The Kier molecular flexibility index (Phi) is 6.74. The van der Waals surface area contributed by atoms with Gasteiger partial charge in [0, 0.05) is 36.8 Å². The van der Waals surface area contributed by atoms with Gasteiger partial charge in [-0.3, -0.25) is 14.5 Å². The Bertz CT molecular complexity index is 815. The van der Waals surface area contributed by atoms with Gasteiger partial charge in [-0.05, 0) is 49.3 Å². The molecular formula is C23H32N4O3S. The van der Waals surface area contributed by atoms with Gasteiger partial charge in [0.1, 0.15) is 12.1 Å². The summed E-state index contributed by atoms with van der Waals surface area (Å²) < 4.78 is 0. The Hall–Kier alpha value is -2.22. The number of carbonyl (C=O) groups is 3. The van der Waals surface area contributed by atoms with Crippen molar-refractivity contribution >= 4 is 35.3 Å². The number of benzene rings is 1. The number of amides is 4. The summed E-state index contributed by atoms with van der Waals surface area (Å²) in [5.41, 5.74) is 1.40. The Labute approximate surface area is 188 Å². The Morgan fingerprint density at radius 2 is 1.84 bits per heavy atom. The molecule has 0 unspecified atom stereocenters. The molecule has 4 amide bonds. The molecule has 168 valence electrons. The molecule has 1 aromatic rings. The number of nitrogens with zero attached hydrogens (tertiary/aromatic N) is 2. The SMILES string of the molecule is CCC1CCC2(CC1)NC(=O)N(CC(=O)NCc1ccc(N3CCSCC3)cc1)C2=O. The zero-order valence-electron chi connectivity index (χ0n) is 18.2. The van der Waals surface area contributed by atoms with Gasteiger partial charge in [0.2, 0.25) is 5.91 Å². The van der Waals surface area contributed by atoms with Crippen molar-refractivity contribution in [3.8, 4) is 0 Å². The molecule has 0 bridgehead atoms. The molecular weight excluding hydrogens is 412 g/mol. The van der Waals surface area contributed by atoms with Crippen LogP contribution in [-0.2, 0) is 16.1 Å². The minimum absolute atomic E-state index is 0.229. The lowest BCUT2D eigenvalue weighted by atomic mass is 9.75. The third-order valence-electron chi connectivity index (χ3n) is 6.89. The van der Waals surface area contributed by atoms with Crippen LogP contribution in [0, 0.1) is 5.92 Å². The van der Waals surface area contributed by atoms with Crippen LogP contribution in [0.25, 0.3) is 0 Å². The summed E-state index contributed by atoms with van der Waals surface area (Å²) >= 11 is 1.98. The van der Waals surface area contributed by atoms with E-state index in [0.29, 0.717) is 25.3 Å². The van der Waals surface area contributed by atoms with Gasteiger partial charge in [-0.25, -0.2) is 4.79 Å². The van der Waals surface area contributed by atoms with E-state index in [0.717, 1.165) is 54.3 Å². The largest absolute Gasteiger partial charge is 0.370 e. The van der Waals surface area contributed by atoms with Gasteiger partial charge in [-0.2, -0.15) is 11.8 Å². The number of nitrogens with one attached hydrogen (secondary N) is 2. The molecule has 0 aromatic heterocycles. The highest BCUT2D eigenvalue weighted by Gasteiger charge is 2.52. The first-order valence-corrected chi connectivity index (χ1v) is 12.5. The van der Waals surface area contributed by atoms with E-state index in [1.807, 2.05) is 23.9 Å². The molecule has 4 rings (SSSR count). The number of carbonyl (C=O) groups excluding carboxylic acids is 3. The summed E-state index contributed by atoms with van der Waals surface area (Å²) in [7, 11) is 0. The van der Waals surface area contributed by atoms with Crippen molar-refractivity contribution in [2.75, 3.05) is 36.0 Å². The van der Waals surface area contributed by atoms with Crippen molar-refractivity contribution in [1.82, 2.24) is 15.5 Å². The van der Waals surface area contributed by atoms with Crippen LogP contribution in [0.15, 0.2) is 24.3 Å². The van der Waals surface area contributed by atoms with Gasteiger partial charge in [0.15, 0.2) is 0 Å². The van der Waals surface area contributed by atoms with Crippen LogP contribution < -0.4 is 15.5 Å². The van der Waals surface area contributed by atoms with E-state index in [4.69, 9.17) is 0 Å². The smallest absolute Gasteiger partial charge is 0.325 e. The van der Waals surface area contributed by atoms with Crippen LogP contribution in [0.2, 0.25) is 0 Å². The highest BCUT2D eigenvalue weighted by Crippen LogP contribution is 2.37. The molecule has 1 spiro atoms. The molecule has 0 radical (unpaired) electrons. The van der Waals surface area contributed by atoms with Crippen molar-refractivity contribution in [3.63, 3.8) is 0 Å². The quantitative estimate of drug-likeness (QED) is 0.660. The lowest BCUT2D eigenvalue weighted by molar-refractivity contribution is -0.136. The molecule has 1 saturated carbocycles. The standard InChI is InChI=1S/C23H32N4O3S/c1-2-17-7-9-23(10-8-17)21(29)27(22(30)25-23)16-20(28)24-15-18-3-5-19(6-4-18)26-11-13-31-14-12-26/h3-6,17H,2,7-16H2,1H3,(H,24,28)(H,25,30). The predicted octanol–water partition coefficient (Wildman–Crippen LogP) is 2.75. The second-order valence-electron chi connectivity index (χ2n) is 8.80. The van der Waals surface area contributed by atoms with Crippen molar-refractivity contribution in [2.24, 2.45) is 5.92 Å². The average Bonchev–Trinajstić information content (AvgIpc) is 3.03. The number of urea groups is 1. The first-order chi connectivity index (χ1) is 15.0. The van der Waals surface area contributed by atoms with Crippen LogP contribution >= 0.6 is 11.8 Å².